The zero-order chi connectivity index (χ0) is 16.7. The van der Waals surface area contributed by atoms with Crippen LogP contribution in [0.25, 0.3) is 0 Å². The fourth-order valence-corrected chi connectivity index (χ4v) is 2.69. The van der Waals surface area contributed by atoms with Crippen molar-refractivity contribution >= 4 is 23.3 Å². The quantitative estimate of drug-likeness (QED) is 0.483. The first-order chi connectivity index (χ1) is 9.42. The molecule has 0 spiro atoms. The molecule has 0 aromatic heterocycles. The van der Waals surface area contributed by atoms with Crippen molar-refractivity contribution in [1.82, 2.24) is 0 Å². The molecule has 4 N–H and O–H groups in total. The van der Waals surface area contributed by atoms with E-state index in [9.17, 15) is 34.5 Å². The Bertz CT molecular complexity index is 575. The number of carboxylic acids is 1. The molecule has 1 aliphatic carbocycles. The standard InChI is InChI=1S/C13H16O8/c1-5(14)10-8(11(18)19)4-9(17)12(20,6(2)15)13(10,21)7(3)16/h9,17,20-21H,4H2,1-3H3,(H,18,19). The zero-order valence-electron chi connectivity index (χ0n) is 11.7. The lowest BCUT2D eigenvalue weighted by Crippen LogP contribution is -2.72. The first-order valence-corrected chi connectivity index (χ1v) is 6.05. The summed E-state index contributed by atoms with van der Waals surface area (Å²) >= 11 is 0. The van der Waals surface area contributed by atoms with E-state index < -0.39 is 58.2 Å². The lowest BCUT2D eigenvalue weighted by atomic mass is 9.62. The molecule has 3 unspecified atom stereocenters. The van der Waals surface area contributed by atoms with Crippen LogP contribution < -0.4 is 0 Å². The number of carbonyl (C=O) groups excluding carboxylic acids is 3. The van der Waals surface area contributed by atoms with Gasteiger partial charge in [-0.2, -0.15) is 0 Å². The largest absolute Gasteiger partial charge is 0.478 e. The van der Waals surface area contributed by atoms with E-state index in [-0.39, 0.29) is 0 Å². The fraction of sp³-hybridized carbons (Fsp3) is 0.538. The van der Waals surface area contributed by atoms with Gasteiger partial charge in [-0.15, -0.1) is 0 Å². The zero-order valence-corrected chi connectivity index (χ0v) is 11.7. The third-order valence-corrected chi connectivity index (χ3v) is 3.75. The summed E-state index contributed by atoms with van der Waals surface area (Å²) in [4.78, 5) is 46.4. The van der Waals surface area contributed by atoms with Gasteiger partial charge in [0.25, 0.3) is 0 Å². The van der Waals surface area contributed by atoms with Crippen LogP contribution in [0.3, 0.4) is 0 Å². The van der Waals surface area contributed by atoms with Gasteiger partial charge in [0.05, 0.1) is 6.10 Å². The number of rotatable bonds is 4. The molecule has 0 bridgehead atoms. The van der Waals surface area contributed by atoms with Crippen LogP contribution >= 0.6 is 0 Å². The van der Waals surface area contributed by atoms with E-state index >= 15 is 0 Å². The molecule has 0 aliphatic heterocycles. The average Bonchev–Trinajstić information content (AvgIpc) is 2.33. The summed E-state index contributed by atoms with van der Waals surface area (Å²) < 4.78 is 0. The highest BCUT2D eigenvalue weighted by molar-refractivity contribution is 6.14. The van der Waals surface area contributed by atoms with Crippen LogP contribution in [0.5, 0.6) is 0 Å². The third-order valence-electron chi connectivity index (χ3n) is 3.75. The Balaban J connectivity index is 3.90. The molecule has 1 aliphatic rings. The number of hydrogen-bond acceptors (Lipinski definition) is 7. The Hall–Kier alpha value is -1.90. The molecule has 0 saturated heterocycles. The fourth-order valence-electron chi connectivity index (χ4n) is 2.69. The predicted molar refractivity (Wildman–Crippen MR) is 67.2 cm³/mol. The van der Waals surface area contributed by atoms with Gasteiger partial charge in [0.2, 0.25) is 0 Å². The van der Waals surface area contributed by atoms with Gasteiger partial charge < -0.3 is 20.4 Å². The highest BCUT2D eigenvalue weighted by Gasteiger charge is 2.66. The predicted octanol–water partition coefficient (Wildman–Crippen LogP) is -1.64. The lowest BCUT2D eigenvalue weighted by molar-refractivity contribution is -0.199. The van der Waals surface area contributed by atoms with Crippen molar-refractivity contribution < 1.29 is 39.6 Å². The second-order valence-corrected chi connectivity index (χ2v) is 5.02. The highest BCUT2D eigenvalue weighted by atomic mass is 16.4. The average molecular weight is 300 g/mol. The van der Waals surface area contributed by atoms with Crippen LogP contribution in [0.1, 0.15) is 27.2 Å². The van der Waals surface area contributed by atoms with Gasteiger partial charge in [-0.3, -0.25) is 14.4 Å². The highest BCUT2D eigenvalue weighted by Crippen LogP contribution is 2.43. The molecule has 0 radical (unpaired) electrons. The molecule has 0 aromatic carbocycles. The van der Waals surface area contributed by atoms with E-state index in [0.29, 0.717) is 0 Å². The van der Waals surface area contributed by atoms with Crippen molar-refractivity contribution in [2.45, 2.75) is 44.5 Å². The molecule has 1 rings (SSSR count). The van der Waals surface area contributed by atoms with Crippen LogP contribution in [0, 0.1) is 0 Å². The van der Waals surface area contributed by atoms with Gasteiger partial charge in [-0.05, 0) is 20.8 Å². The summed E-state index contributed by atoms with van der Waals surface area (Å²) in [6, 6.07) is 0. The van der Waals surface area contributed by atoms with Crippen molar-refractivity contribution in [3.63, 3.8) is 0 Å². The topological polar surface area (TPSA) is 149 Å². The molecule has 116 valence electrons. The van der Waals surface area contributed by atoms with Gasteiger partial charge in [0, 0.05) is 17.6 Å². The maximum Gasteiger partial charge on any atom is 0.332 e. The Kier molecular flexibility index (Phi) is 4.20. The molecule has 0 saturated carbocycles. The molecule has 0 amide bonds. The van der Waals surface area contributed by atoms with Crippen LogP contribution in [0.15, 0.2) is 11.1 Å². The Labute approximate surface area is 119 Å². The third kappa shape index (κ3) is 2.11. The number of aliphatic hydroxyl groups excluding tert-OH is 1. The number of Topliss-reactive ketones (excluding diaryl/α,β-unsaturated/α-hetero) is 3. The summed E-state index contributed by atoms with van der Waals surface area (Å²) in [7, 11) is 0. The van der Waals surface area contributed by atoms with E-state index in [0.717, 1.165) is 20.8 Å². The van der Waals surface area contributed by atoms with Gasteiger partial charge in [-0.25, -0.2) is 4.79 Å². The summed E-state index contributed by atoms with van der Waals surface area (Å²) in [5, 5.41) is 39.9. The lowest BCUT2D eigenvalue weighted by Gasteiger charge is -2.47. The second-order valence-electron chi connectivity index (χ2n) is 5.02. The molecule has 0 aromatic rings. The Morgan fingerprint density at radius 1 is 1.05 bits per heavy atom. The molecule has 3 atom stereocenters. The Morgan fingerprint density at radius 2 is 1.52 bits per heavy atom. The van der Waals surface area contributed by atoms with Crippen molar-refractivity contribution in [3.05, 3.63) is 11.1 Å². The van der Waals surface area contributed by atoms with E-state index in [1.54, 1.807) is 0 Å². The van der Waals surface area contributed by atoms with Crippen molar-refractivity contribution in [1.29, 1.82) is 0 Å². The minimum atomic E-state index is -3.12. The van der Waals surface area contributed by atoms with Crippen LogP contribution in [0.4, 0.5) is 0 Å². The molecular formula is C13H16O8. The monoisotopic (exact) mass is 300 g/mol. The molecular weight excluding hydrogens is 284 g/mol. The maximum atomic E-state index is 11.8. The van der Waals surface area contributed by atoms with Crippen LogP contribution in [0.2, 0.25) is 0 Å². The minimum Gasteiger partial charge on any atom is -0.478 e. The first kappa shape index (κ1) is 17.2. The number of aliphatic hydroxyl groups is 3. The van der Waals surface area contributed by atoms with Crippen LogP contribution in [-0.2, 0) is 19.2 Å². The van der Waals surface area contributed by atoms with Gasteiger partial charge in [-0.1, -0.05) is 0 Å². The van der Waals surface area contributed by atoms with Gasteiger partial charge >= 0.3 is 5.97 Å². The Morgan fingerprint density at radius 3 is 1.81 bits per heavy atom. The van der Waals surface area contributed by atoms with E-state index in [4.69, 9.17) is 5.11 Å². The van der Waals surface area contributed by atoms with E-state index in [1.807, 2.05) is 0 Å². The number of ketones is 3. The molecule has 0 heterocycles. The van der Waals surface area contributed by atoms with Crippen molar-refractivity contribution in [2.75, 3.05) is 0 Å². The number of carboxylic acid groups (broad SMARTS) is 1. The summed E-state index contributed by atoms with van der Waals surface area (Å²) in [5.41, 5.74) is -7.70. The summed E-state index contributed by atoms with van der Waals surface area (Å²) in [5.74, 6) is -5.00. The van der Waals surface area contributed by atoms with Crippen LogP contribution in [-0.4, -0.2) is 61.1 Å². The number of carbonyl (C=O) groups is 4. The second kappa shape index (κ2) is 5.14. The van der Waals surface area contributed by atoms with Gasteiger partial charge in [0.15, 0.2) is 28.6 Å². The summed E-state index contributed by atoms with van der Waals surface area (Å²) in [6.07, 6.45) is -2.80. The van der Waals surface area contributed by atoms with Crippen molar-refractivity contribution in [2.24, 2.45) is 0 Å². The number of hydrogen-bond donors (Lipinski definition) is 4. The maximum absolute atomic E-state index is 11.8. The molecule has 8 nitrogen and oxygen atoms in total. The SMILES string of the molecule is CC(=O)C1=C(C(=O)O)CC(O)C(O)(C(C)=O)C1(O)C(C)=O. The first-order valence-electron chi connectivity index (χ1n) is 6.05. The molecule has 8 heteroatoms. The van der Waals surface area contributed by atoms with Gasteiger partial charge in [0.1, 0.15) is 0 Å². The smallest absolute Gasteiger partial charge is 0.332 e. The normalized spacial score (nSPS) is 32.8. The molecule has 0 fully saturated rings. The molecule has 21 heavy (non-hydrogen) atoms. The van der Waals surface area contributed by atoms with E-state index in [2.05, 4.69) is 0 Å². The van der Waals surface area contributed by atoms with Crippen molar-refractivity contribution in [3.8, 4) is 0 Å². The van der Waals surface area contributed by atoms with E-state index in [1.165, 1.54) is 0 Å². The summed E-state index contributed by atoms with van der Waals surface area (Å²) in [6.45, 7) is 2.50. The number of aliphatic carboxylic acids is 1. The minimum absolute atomic E-state index is 0.710.